The van der Waals surface area contributed by atoms with E-state index >= 15 is 0 Å². The van der Waals surface area contributed by atoms with E-state index in [0.717, 1.165) is 25.9 Å². The number of pyridine rings is 1. The molecule has 0 spiro atoms. The summed E-state index contributed by atoms with van der Waals surface area (Å²) in [5, 5.41) is 0. The Bertz CT molecular complexity index is 482. The molecule has 1 aliphatic rings. The van der Waals surface area contributed by atoms with Crippen LogP contribution in [0.1, 0.15) is 39.2 Å². The monoisotopic (exact) mass is 266 g/mol. The van der Waals surface area contributed by atoms with Gasteiger partial charge in [-0.15, -0.1) is 0 Å². The van der Waals surface area contributed by atoms with E-state index in [-0.39, 0.29) is 16.9 Å². The number of hydrogen-bond donors (Lipinski definition) is 1. The Kier molecular flexibility index (Phi) is 4.09. The summed E-state index contributed by atoms with van der Waals surface area (Å²) in [5.74, 6) is 0.0404. The summed E-state index contributed by atoms with van der Waals surface area (Å²) < 4.78 is 13.6. The molecule has 2 rings (SSSR count). The molecule has 0 bridgehead atoms. The minimum Gasteiger partial charge on any atom is -0.329 e. The Morgan fingerprint density at radius 3 is 2.53 bits per heavy atom. The first-order valence-electron chi connectivity index (χ1n) is 6.99. The lowest BCUT2D eigenvalue weighted by atomic mass is 9.88. The first-order chi connectivity index (χ1) is 8.88. The van der Waals surface area contributed by atoms with Crippen LogP contribution in [0, 0.1) is 11.7 Å². The fraction of sp³-hybridized carbons (Fsp3) is 0.667. The Morgan fingerprint density at radius 1 is 1.37 bits per heavy atom. The molecule has 0 atom stereocenters. The Labute approximate surface area is 113 Å². The van der Waals surface area contributed by atoms with Crippen molar-refractivity contribution in [2.45, 2.75) is 45.6 Å². The quantitative estimate of drug-likeness (QED) is 0.893. The maximum absolute atomic E-state index is 13.6. The van der Waals surface area contributed by atoms with E-state index in [9.17, 15) is 9.18 Å². The lowest BCUT2D eigenvalue weighted by Crippen LogP contribution is -2.46. The summed E-state index contributed by atoms with van der Waals surface area (Å²) in [6, 6.07) is 1.33. The number of nitrogens with zero attached hydrogens (tertiary/aromatic N) is 1. The second-order valence-corrected chi connectivity index (χ2v) is 6.44. The molecule has 0 unspecified atom stereocenters. The fourth-order valence-electron chi connectivity index (χ4n) is 2.77. The zero-order chi connectivity index (χ0) is 14.0. The summed E-state index contributed by atoms with van der Waals surface area (Å²) in [7, 11) is 0. The summed E-state index contributed by atoms with van der Waals surface area (Å²) in [4.78, 5) is 16.6. The van der Waals surface area contributed by atoms with E-state index in [0.29, 0.717) is 17.9 Å². The van der Waals surface area contributed by atoms with Crippen LogP contribution < -0.4 is 5.56 Å². The molecule has 1 aliphatic heterocycles. The maximum atomic E-state index is 13.6. The summed E-state index contributed by atoms with van der Waals surface area (Å²) in [5.41, 5.74) is 0.232. The lowest BCUT2D eigenvalue weighted by molar-refractivity contribution is 0.0873. The molecule has 0 aromatic carbocycles. The minimum atomic E-state index is -0.373. The van der Waals surface area contributed by atoms with Crippen LogP contribution in [0.25, 0.3) is 0 Å². The van der Waals surface area contributed by atoms with E-state index in [1.807, 2.05) is 0 Å². The molecular formula is C15H23FN2O. The van der Waals surface area contributed by atoms with E-state index < -0.39 is 0 Å². The zero-order valence-corrected chi connectivity index (χ0v) is 12.0. The molecule has 0 aliphatic carbocycles. The predicted molar refractivity (Wildman–Crippen MR) is 74.8 cm³/mol. The molecule has 106 valence electrons. The minimum absolute atomic E-state index is 0.195. The normalized spacial score (nSPS) is 18.7. The highest BCUT2D eigenvalue weighted by Crippen LogP contribution is 2.25. The number of halogens is 1. The third-order valence-corrected chi connectivity index (χ3v) is 4.06. The van der Waals surface area contributed by atoms with Crippen LogP contribution in [0.3, 0.4) is 0 Å². The second kappa shape index (κ2) is 5.45. The number of H-pyrrole nitrogens is 1. The van der Waals surface area contributed by atoms with Gasteiger partial charge >= 0.3 is 0 Å². The number of likely N-dealkylation sites (tertiary alicyclic amines) is 1. The number of aromatic amines is 1. The Morgan fingerprint density at radius 2 is 2.00 bits per heavy atom. The van der Waals surface area contributed by atoms with E-state index in [1.54, 1.807) is 0 Å². The summed E-state index contributed by atoms with van der Waals surface area (Å²) in [6.45, 7) is 8.71. The van der Waals surface area contributed by atoms with Gasteiger partial charge in [-0.1, -0.05) is 0 Å². The molecule has 2 heterocycles. The third-order valence-electron chi connectivity index (χ3n) is 4.06. The van der Waals surface area contributed by atoms with Gasteiger partial charge in [0.25, 0.3) is 5.56 Å². The van der Waals surface area contributed by atoms with Crippen LogP contribution in [-0.2, 0) is 6.42 Å². The number of aromatic nitrogens is 1. The standard InChI is InChI=1S/C15H23FN2O/c1-15(2,3)18-8-5-11(6-9-18)10-12-13(16)4-7-17-14(12)19/h4,7,11H,5-6,8-10H2,1-3H3,(H,17,19). The lowest BCUT2D eigenvalue weighted by Gasteiger charge is -2.40. The van der Waals surface area contributed by atoms with Gasteiger partial charge in [0, 0.05) is 11.7 Å². The number of rotatable bonds is 2. The molecule has 0 saturated carbocycles. The van der Waals surface area contributed by atoms with Crippen molar-refractivity contribution in [1.29, 1.82) is 0 Å². The molecule has 3 nitrogen and oxygen atoms in total. The molecule has 0 amide bonds. The average molecular weight is 266 g/mol. The molecule has 1 aromatic rings. The first kappa shape index (κ1) is 14.3. The molecule has 1 fully saturated rings. The van der Waals surface area contributed by atoms with Gasteiger partial charge in [-0.25, -0.2) is 4.39 Å². The van der Waals surface area contributed by atoms with Crippen molar-refractivity contribution in [3.8, 4) is 0 Å². The van der Waals surface area contributed by atoms with Crippen LogP contribution in [0.4, 0.5) is 4.39 Å². The average Bonchev–Trinajstić information content (AvgIpc) is 2.33. The molecule has 1 saturated heterocycles. The van der Waals surface area contributed by atoms with Crippen molar-refractivity contribution in [2.24, 2.45) is 5.92 Å². The number of nitrogens with one attached hydrogen (secondary N) is 1. The highest BCUT2D eigenvalue weighted by atomic mass is 19.1. The first-order valence-corrected chi connectivity index (χ1v) is 6.99. The molecule has 19 heavy (non-hydrogen) atoms. The predicted octanol–water partition coefficient (Wildman–Crippen LogP) is 2.57. The van der Waals surface area contributed by atoms with Gasteiger partial charge < -0.3 is 4.98 Å². The third kappa shape index (κ3) is 3.44. The van der Waals surface area contributed by atoms with Gasteiger partial charge in [0.2, 0.25) is 0 Å². The van der Waals surface area contributed by atoms with Crippen LogP contribution in [0.5, 0.6) is 0 Å². The van der Waals surface area contributed by atoms with Crippen molar-refractivity contribution in [3.05, 3.63) is 34.0 Å². The molecular weight excluding hydrogens is 243 g/mol. The van der Waals surface area contributed by atoms with Gasteiger partial charge in [-0.2, -0.15) is 0 Å². The highest BCUT2D eigenvalue weighted by Gasteiger charge is 2.27. The van der Waals surface area contributed by atoms with Crippen LogP contribution in [-0.4, -0.2) is 28.5 Å². The Hall–Kier alpha value is -1.16. The van der Waals surface area contributed by atoms with Crippen molar-refractivity contribution >= 4 is 0 Å². The highest BCUT2D eigenvalue weighted by molar-refractivity contribution is 5.13. The zero-order valence-electron chi connectivity index (χ0n) is 12.0. The van der Waals surface area contributed by atoms with E-state index in [1.165, 1.54) is 12.3 Å². The topological polar surface area (TPSA) is 36.1 Å². The fourth-order valence-corrected chi connectivity index (χ4v) is 2.77. The van der Waals surface area contributed by atoms with Crippen molar-refractivity contribution in [3.63, 3.8) is 0 Å². The van der Waals surface area contributed by atoms with Crippen LogP contribution in [0.2, 0.25) is 0 Å². The molecule has 1 aromatic heterocycles. The van der Waals surface area contributed by atoms with Gasteiger partial charge in [0.1, 0.15) is 5.82 Å². The number of hydrogen-bond acceptors (Lipinski definition) is 2. The van der Waals surface area contributed by atoms with Crippen molar-refractivity contribution in [1.82, 2.24) is 9.88 Å². The van der Waals surface area contributed by atoms with Gasteiger partial charge in [-0.3, -0.25) is 9.69 Å². The second-order valence-electron chi connectivity index (χ2n) is 6.44. The van der Waals surface area contributed by atoms with Gasteiger partial charge in [0.15, 0.2) is 0 Å². The SMILES string of the molecule is CC(C)(C)N1CCC(Cc2c(F)cc[nH]c2=O)CC1. The summed E-state index contributed by atoms with van der Waals surface area (Å²) >= 11 is 0. The van der Waals surface area contributed by atoms with Crippen molar-refractivity contribution < 1.29 is 4.39 Å². The number of piperidine rings is 1. The van der Waals surface area contributed by atoms with E-state index in [4.69, 9.17) is 0 Å². The summed E-state index contributed by atoms with van der Waals surface area (Å²) in [6.07, 6.45) is 3.99. The van der Waals surface area contributed by atoms with Crippen LogP contribution >= 0.6 is 0 Å². The molecule has 4 heteroatoms. The smallest absolute Gasteiger partial charge is 0.254 e. The van der Waals surface area contributed by atoms with Crippen molar-refractivity contribution in [2.75, 3.05) is 13.1 Å². The van der Waals surface area contributed by atoms with Gasteiger partial charge in [-0.05, 0) is 65.1 Å². The Balaban J connectivity index is 1.98. The largest absolute Gasteiger partial charge is 0.329 e. The van der Waals surface area contributed by atoms with Gasteiger partial charge in [0.05, 0.1) is 5.56 Å². The van der Waals surface area contributed by atoms with Crippen LogP contribution in [0.15, 0.2) is 17.1 Å². The molecule has 1 N–H and O–H groups in total. The maximum Gasteiger partial charge on any atom is 0.254 e. The molecule has 0 radical (unpaired) electrons. The van der Waals surface area contributed by atoms with E-state index in [2.05, 4.69) is 30.7 Å².